The number of rotatable bonds is 3. The van der Waals surface area contributed by atoms with Crippen LogP contribution in [-0.2, 0) is 11.8 Å². The van der Waals surface area contributed by atoms with Gasteiger partial charge in [-0.25, -0.2) is 0 Å². The van der Waals surface area contributed by atoms with Gasteiger partial charge in [-0.3, -0.25) is 14.3 Å². The Morgan fingerprint density at radius 2 is 2.08 bits per heavy atom. The van der Waals surface area contributed by atoms with E-state index in [1.54, 1.807) is 4.68 Å². The molecule has 0 radical (unpaired) electrons. The number of benzene rings is 1. The molecule has 0 N–H and O–H groups in total. The summed E-state index contributed by atoms with van der Waals surface area (Å²) in [6, 6.07) is 8.08. The Bertz CT molecular complexity index is 874. The maximum Gasteiger partial charge on any atom is 0.274 e. The normalized spacial score (nSPS) is 25.6. The molecule has 2 unspecified atom stereocenters. The molecule has 1 saturated heterocycles. The van der Waals surface area contributed by atoms with Gasteiger partial charge < -0.3 is 9.80 Å². The Labute approximate surface area is 153 Å². The van der Waals surface area contributed by atoms with Gasteiger partial charge in [-0.2, -0.15) is 5.10 Å². The van der Waals surface area contributed by atoms with E-state index < -0.39 is 0 Å². The number of para-hydroxylation sites is 1. The fourth-order valence-corrected chi connectivity index (χ4v) is 5.08. The first-order chi connectivity index (χ1) is 12.4. The molecule has 1 saturated carbocycles. The van der Waals surface area contributed by atoms with E-state index in [9.17, 15) is 9.59 Å². The van der Waals surface area contributed by atoms with Crippen molar-refractivity contribution in [3.63, 3.8) is 0 Å². The van der Waals surface area contributed by atoms with Gasteiger partial charge in [-0.05, 0) is 25.3 Å². The first-order valence-corrected chi connectivity index (χ1v) is 9.36. The standard InChI is InChI=1S/C20H26N4O2/c1-22(13-20-11-6-9-16(20)23(2)17(25)10-12-20)19(26)18-14-7-4-5-8-15(14)24(3)21-18/h4-5,7-8,16H,6,9-13H2,1-3H3. The fourth-order valence-electron chi connectivity index (χ4n) is 5.08. The van der Waals surface area contributed by atoms with E-state index in [-0.39, 0.29) is 23.3 Å². The Hall–Kier alpha value is -2.37. The molecule has 6 nitrogen and oxygen atoms in total. The van der Waals surface area contributed by atoms with E-state index in [0.717, 1.165) is 36.6 Å². The molecule has 1 aliphatic carbocycles. The van der Waals surface area contributed by atoms with Gasteiger partial charge in [0.05, 0.1) is 5.52 Å². The van der Waals surface area contributed by atoms with Crippen LogP contribution in [-0.4, -0.2) is 58.1 Å². The smallest absolute Gasteiger partial charge is 0.274 e. The number of amides is 2. The molecule has 138 valence electrons. The third-order valence-electron chi connectivity index (χ3n) is 6.42. The van der Waals surface area contributed by atoms with Crippen molar-refractivity contribution in [1.82, 2.24) is 19.6 Å². The third-order valence-corrected chi connectivity index (χ3v) is 6.42. The molecule has 1 aliphatic heterocycles. The van der Waals surface area contributed by atoms with Crippen molar-refractivity contribution in [2.45, 2.75) is 38.1 Å². The lowest BCUT2D eigenvalue weighted by molar-refractivity contribution is -0.140. The summed E-state index contributed by atoms with van der Waals surface area (Å²) in [4.78, 5) is 29.0. The predicted octanol–water partition coefficient (Wildman–Crippen LogP) is 2.44. The summed E-state index contributed by atoms with van der Waals surface area (Å²) in [5.74, 6) is 0.193. The topological polar surface area (TPSA) is 58.4 Å². The van der Waals surface area contributed by atoms with Crippen LogP contribution in [0.5, 0.6) is 0 Å². The van der Waals surface area contributed by atoms with E-state index in [4.69, 9.17) is 0 Å². The summed E-state index contributed by atoms with van der Waals surface area (Å²) in [6.07, 6.45) is 4.70. The van der Waals surface area contributed by atoms with Gasteiger partial charge in [0.2, 0.25) is 5.91 Å². The van der Waals surface area contributed by atoms with Gasteiger partial charge in [0.1, 0.15) is 0 Å². The quantitative estimate of drug-likeness (QED) is 0.851. The van der Waals surface area contributed by atoms with Gasteiger partial charge in [-0.15, -0.1) is 0 Å². The molecule has 2 heterocycles. The average molecular weight is 354 g/mol. The van der Waals surface area contributed by atoms with Gasteiger partial charge in [-0.1, -0.05) is 24.6 Å². The molecule has 2 amide bonds. The number of fused-ring (bicyclic) bond motifs is 2. The maximum absolute atomic E-state index is 13.1. The minimum absolute atomic E-state index is 0.0255. The van der Waals surface area contributed by atoms with E-state index in [2.05, 4.69) is 5.10 Å². The van der Waals surface area contributed by atoms with E-state index in [1.807, 2.05) is 55.2 Å². The van der Waals surface area contributed by atoms with Crippen molar-refractivity contribution >= 4 is 22.7 Å². The summed E-state index contributed by atoms with van der Waals surface area (Å²) in [5, 5.41) is 5.37. The van der Waals surface area contributed by atoms with Crippen LogP contribution in [0.25, 0.3) is 10.9 Å². The van der Waals surface area contributed by atoms with Crippen LogP contribution in [0.4, 0.5) is 0 Å². The molecule has 4 rings (SSSR count). The van der Waals surface area contributed by atoms with Gasteiger partial charge in [0.15, 0.2) is 5.69 Å². The van der Waals surface area contributed by atoms with Crippen LogP contribution in [0.15, 0.2) is 24.3 Å². The summed E-state index contributed by atoms with van der Waals surface area (Å²) >= 11 is 0. The Balaban J connectivity index is 1.60. The van der Waals surface area contributed by atoms with Crippen molar-refractivity contribution < 1.29 is 9.59 Å². The largest absolute Gasteiger partial charge is 0.342 e. The average Bonchev–Trinajstić information content (AvgIpc) is 3.20. The molecule has 26 heavy (non-hydrogen) atoms. The highest BCUT2D eigenvalue weighted by molar-refractivity contribution is 6.04. The van der Waals surface area contributed by atoms with Crippen LogP contribution in [0, 0.1) is 5.41 Å². The van der Waals surface area contributed by atoms with E-state index >= 15 is 0 Å². The van der Waals surface area contributed by atoms with Crippen LogP contribution < -0.4 is 0 Å². The molecule has 2 atom stereocenters. The lowest BCUT2D eigenvalue weighted by Crippen LogP contribution is -2.54. The molecule has 2 aromatic rings. The van der Waals surface area contributed by atoms with Crippen molar-refractivity contribution in [2.24, 2.45) is 12.5 Å². The van der Waals surface area contributed by atoms with Gasteiger partial charge in [0, 0.05) is 51.0 Å². The number of nitrogens with zero attached hydrogens (tertiary/aromatic N) is 4. The Morgan fingerprint density at radius 3 is 2.88 bits per heavy atom. The zero-order chi connectivity index (χ0) is 18.5. The Morgan fingerprint density at radius 1 is 1.31 bits per heavy atom. The van der Waals surface area contributed by atoms with Crippen LogP contribution >= 0.6 is 0 Å². The zero-order valence-electron chi connectivity index (χ0n) is 15.7. The van der Waals surface area contributed by atoms with E-state index in [0.29, 0.717) is 18.7 Å². The summed E-state index contributed by atoms with van der Waals surface area (Å²) in [6.45, 7) is 0.680. The molecule has 0 bridgehead atoms. The lowest BCUT2D eigenvalue weighted by Gasteiger charge is -2.46. The monoisotopic (exact) mass is 354 g/mol. The first kappa shape index (κ1) is 17.1. The van der Waals surface area contributed by atoms with Crippen molar-refractivity contribution in [1.29, 1.82) is 0 Å². The third kappa shape index (κ3) is 2.50. The fraction of sp³-hybridized carbons (Fsp3) is 0.550. The SMILES string of the molecule is CN(CC12CCCC1N(C)C(=O)CC2)C(=O)c1nn(C)c2ccccc12. The second kappa shape index (κ2) is 6.11. The second-order valence-electron chi connectivity index (χ2n) is 7.93. The molecule has 6 heteroatoms. The Kier molecular flexibility index (Phi) is 4.01. The van der Waals surface area contributed by atoms with Crippen molar-refractivity contribution in [2.75, 3.05) is 20.6 Å². The summed E-state index contributed by atoms with van der Waals surface area (Å²) in [5.41, 5.74) is 1.50. The minimum atomic E-state index is -0.0404. The number of aromatic nitrogens is 2. The van der Waals surface area contributed by atoms with Gasteiger partial charge in [0.25, 0.3) is 5.91 Å². The van der Waals surface area contributed by atoms with Crippen LogP contribution in [0.1, 0.15) is 42.6 Å². The number of likely N-dealkylation sites (tertiary alicyclic amines) is 1. The number of piperidine rings is 1. The summed E-state index contributed by atoms with van der Waals surface area (Å²) in [7, 11) is 5.65. The van der Waals surface area contributed by atoms with Crippen LogP contribution in [0.3, 0.4) is 0 Å². The molecular formula is C20H26N4O2. The highest BCUT2D eigenvalue weighted by atomic mass is 16.2. The van der Waals surface area contributed by atoms with Crippen molar-refractivity contribution in [3.8, 4) is 0 Å². The first-order valence-electron chi connectivity index (χ1n) is 9.36. The number of carbonyl (C=O) groups is 2. The van der Waals surface area contributed by atoms with Crippen LogP contribution in [0.2, 0.25) is 0 Å². The van der Waals surface area contributed by atoms with Crippen molar-refractivity contribution in [3.05, 3.63) is 30.0 Å². The molecule has 1 aromatic carbocycles. The number of carbonyl (C=O) groups excluding carboxylic acids is 2. The molecular weight excluding hydrogens is 328 g/mol. The number of aryl methyl sites for hydroxylation is 1. The maximum atomic E-state index is 13.1. The molecule has 0 spiro atoms. The summed E-state index contributed by atoms with van der Waals surface area (Å²) < 4.78 is 1.76. The van der Waals surface area contributed by atoms with E-state index in [1.165, 1.54) is 0 Å². The highest BCUT2D eigenvalue weighted by Gasteiger charge is 2.50. The number of hydrogen-bond donors (Lipinski definition) is 0. The zero-order valence-corrected chi connectivity index (χ0v) is 15.7. The molecule has 2 aliphatic rings. The predicted molar refractivity (Wildman–Crippen MR) is 99.8 cm³/mol. The lowest BCUT2D eigenvalue weighted by atomic mass is 9.74. The van der Waals surface area contributed by atoms with Gasteiger partial charge >= 0.3 is 0 Å². The highest BCUT2D eigenvalue weighted by Crippen LogP contribution is 2.48. The minimum Gasteiger partial charge on any atom is -0.342 e. The molecule has 2 fully saturated rings. The number of hydrogen-bond acceptors (Lipinski definition) is 3. The second-order valence-corrected chi connectivity index (χ2v) is 7.93. The molecule has 1 aromatic heterocycles.